The van der Waals surface area contributed by atoms with Crippen LogP contribution in [-0.2, 0) is 0 Å². The molecule has 5 rings (SSSR count). The quantitative estimate of drug-likeness (QED) is 0.449. The van der Waals surface area contributed by atoms with Gasteiger partial charge in [-0.1, -0.05) is 58.4 Å². The van der Waals surface area contributed by atoms with E-state index in [0.717, 1.165) is 27.1 Å². The van der Waals surface area contributed by atoms with Gasteiger partial charge in [0.15, 0.2) is 0 Å². The van der Waals surface area contributed by atoms with E-state index in [2.05, 4.69) is 15.9 Å². The molecule has 0 N–H and O–H groups in total. The predicted octanol–water partition coefficient (Wildman–Crippen LogP) is 6.29. The predicted molar refractivity (Wildman–Crippen MR) is 113 cm³/mol. The second kappa shape index (κ2) is 7.72. The molecule has 0 bridgehead atoms. The number of ether oxygens (including phenoxy) is 2. The molecule has 2 atom stereocenters. The number of hydrogen-bond acceptors (Lipinski definition) is 4. The summed E-state index contributed by atoms with van der Waals surface area (Å²) in [4.78, 5) is 0. The number of para-hydroxylation sites is 2. The average Bonchev–Trinajstić information content (AvgIpc) is 3.19. The molecule has 3 aromatic rings. The highest BCUT2D eigenvalue weighted by Crippen LogP contribution is 2.48. The van der Waals surface area contributed by atoms with Crippen LogP contribution in [0, 0.1) is 0 Å². The van der Waals surface area contributed by atoms with Crippen LogP contribution in [0.3, 0.4) is 0 Å². The molecule has 2 unspecified atom stereocenters. The van der Waals surface area contributed by atoms with E-state index in [1.807, 2.05) is 53.5 Å². The van der Waals surface area contributed by atoms with Gasteiger partial charge in [0, 0.05) is 16.5 Å². The van der Waals surface area contributed by atoms with Gasteiger partial charge in [-0.2, -0.15) is 13.9 Å². The maximum absolute atomic E-state index is 13.0. The van der Waals surface area contributed by atoms with Crippen molar-refractivity contribution in [3.8, 4) is 11.5 Å². The molecule has 0 spiro atoms. The first-order chi connectivity index (χ1) is 14.6. The standard InChI is InChI=1S/C23H17BrF2N2O2/c24-15-11-9-14(10-12-15)18-13-19-16-5-1-3-7-20(16)29-22(28(19)27-18)17-6-2-4-8-21(17)30-23(25)26/h1-12,19,22-23H,13H2. The Labute approximate surface area is 180 Å². The highest BCUT2D eigenvalue weighted by molar-refractivity contribution is 9.10. The second-order valence-corrected chi connectivity index (χ2v) is 7.99. The molecule has 4 nitrogen and oxygen atoms in total. The fraction of sp³-hybridized carbons (Fsp3) is 0.174. The molecule has 0 aliphatic carbocycles. The molecule has 0 radical (unpaired) electrons. The third kappa shape index (κ3) is 3.43. The molecule has 2 aliphatic heterocycles. The lowest BCUT2D eigenvalue weighted by Crippen LogP contribution is -2.34. The van der Waals surface area contributed by atoms with Gasteiger partial charge in [0.2, 0.25) is 6.23 Å². The lowest BCUT2D eigenvalue weighted by molar-refractivity contribution is -0.0578. The molecule has 2 heterocycles. The zero-order valence-electron chi connectivity index (χ0n) is 15.7. The minimum absolute atomic E-state index is 0.0572. The summed E-state index contributed by atoms with van der Waals surface area (Å²) in [6.07, 6.45) is 0.0175. The zero-order chi connectivity index (χ0) is 20.7. The van der Waals surface area contributed by atoms with Gasteiger partial charge in [-0.15, -0.1) is 0 Å². The highest BCUT2D eigenvalue weighted by atomic mass is 79.9. The van der Waals surface area contributed by atoms with Crippen molar-refractivity contribution in [1.82, 2.24) is 5.01 Å². The van der Waals surface area contributed by atoms with Crippen molar-refractivity contribution in [2.75, 3.05) is 0 Å². The van der Waals surface area contributed by atoms with E-state index in [-0.39, 0.29) is 11.8 Å². The largest absolute Gasteiger partial charge is 0.464 e. The monoisotopic (exact) mass is 470 g/mol. The number of nitrogens with zero attached hydrogens (tertiary/aromatic N) is 2. The Morgan fingerprint density at radius 2 is 1.67 bits per heavy atom. The maximum atomic E-state index is 13.0. The van der Waals surface area contributed by atoms with Crippen molar-refractivity contribution >= 4 is 21.6 Å². The van der Waals surface area contributed by atoms with Crippen LogP contribution in [0.5, 0.6) is 11.5 Å². The lowest BCUT2D eigenvalue weighted by Gasteiger charge is -2.38. The van der Waals surface area contributed by atoms with E-state index in [0.29, 0.717) is 12.0 Å². The Kier molecular flexibility index (Phi) is 4.90. The maximum Gasteiger partial charge on any atom is 0.387 e. The number of hydrogen-bond donors (Lipinski definition) is 0. The van der Waals surface area contributed by atoms with Crippen LogP contribution in [0.4, 0.5) is 8.78 Å². The SMILES string of the molecule is FC(F)Oc1ccccc1C1Oc2ccccc2C2CC(c3ccc(Br)cc3)=NN21. The molecule has 0 saturated heterocycles. The van der Waals surface area contributed by atoms with Crippen LogP contribution in [0.2, 0.25) is 0 Å². The Bertz CT molecular complexity index is 1100. The molecular formula is C23H17BrF2N2O2. The summed E-state index contributed by atoms with van der Waals surface area (Å²) in [5, 5.41) is 6.71. The average molecular weight is 471 g/mol. The summed E-state index contributed by atoms with van der Waals surface area (Å²) in [5.74, 6) is 0.811. The van der Waals surface area contributed by atoms with Gasteiger partial charge in [-0.3, -0.25) is 0 Å². The number of hydrazone groups is 1. The molecule has 30 heavy (non-hydrogen) atoms. The van der Waals surface area contributed by atoms with Crippen molar-refractivity contribution in [2.24, 2.45) is 5.10 Å². The smallest absolute Gasteiger partial charge is 0.387 e. The van der Waals surface area contributed by atoms with Gasteiger partial charge in [0.05, 0.1) is 17.3 Å². The number of alkyl halides is 2. The van der Waals surface area contributed by atoms with Gasteiger partial charge >= 0.3 is 6.61 Å². The Hall–Kier alpha value is -2.93. The first kappa shape index (κ1) is 19.1. The molecule has 7 heteroatoms. The van der Waals surface area contributed by atoms with Crippen molar-refractivity contribution in [1.29, 1.82) is 0 Å². The number of fused-ring (bicyclic) bond motifs is 3. The summed E-state index contributed by atoms with van der Waals surface area (Å²) in [6, 6.07) is 22.4. The van der Waals surface area contributed by atoms with Gasteiger partial charge in [-0.25, -0.2) is 5.01 Å². The third-order valence-corrected chi connectivity index (χ3v) is 5.81. The van der Waals surface area contributed by atoms with Crippen molar-refractivity contribution in [3.63, 3.8) is 0 Å². The van der Waals surface area contributed by atoms with Crippen LogP contribution in [0.25, 0.3) is 0 Å². The minimum atomic E-state index is -2.92. The first-order valence-corrected chi connectivity index (χ1v) is 10.3. The van der Waals surface area contributed by atoms with Crippen LogP contribution in [-0.4, -0.2) is 17.3 Å². The zero-order valence-corrected chi connectivity index (χ0v) is 17.3. The highest BCUT2D eigenvalue weighted by Gasteiger charge is 2.41. The molecule has 0 amide bonds. The molecule has 0 saturated carbocycles. The Morgan fingerprint density at radius 3 is 2.43 bits per heavy atom. The van der Waals surface area contributed by atoms with Crippen LogP contribution >= 0.6 is 15.9 Å². The molecule has 0 aromatic heterocycles. The second-order valence-electron chi connectivity index (χ2n) is 7.08. The normalized spacial score (nSPS) is 19.7. The van der Waals surface area contributed by atoms with E-state index in [1.54, 1.807) is 18.2 Å². The number of benzene rings is 3. The minimum Gasteiger partial charge on any atom is -0.464 e. The first-order valence-electron chi connectivity index (χ1n) is 9.51. The topological polar surface area (TPSA) is 34.1 Å². The summed E-state index contributed by atoms with van der Waals surface area (Å²) >= 11 is 3.46. The third-order valence-electron chi connectivity index (χ3n) is 5.28. The number of halogens is 3. The lowest BCUT2D eigenvalue weighted by atomic mass is 9.96. The van der Waals surface area contributed by atoms with Gasteiger partial charge in [0.1, 0.15) is 11.5 Å². The summed E-state index contributed by atoms with van der Waals surface area (Å²) < 4.78 is 38.0. The fourth-order valence-electron chi connectivity index (χ4n) is 3.94. The van der Waals surface area contributed by atoms with E-state index in [1.165, 1.54) is 6.07 Å². The van der Waals surface area contributed by atoms with Crippen molar-refractivity contribution in [3.05, 3.63) is 94.0 Å². The molecule has 0 fully saturated rings. The Morgan fingerprint density at radius 1 is 0.967 bits per heavy atom. The molecular weight excluding hydrogens is 454 g/mol. The van der Waals surface area contributed by atoms with E-state index < -0.39 is 12.8 Å². The van der Waals surface area contributed by atoms with Gasteiger partial charge in [0.25, 0.3) is 0 Å². The van der Waals surface area contributed by atoms with Crippen LogP contribution < -0.4 is 9.47 Å². The van der Waals surface area contributed by atoms with Crippen LogP contribution in [0.1, 0.15) is 35.4 Å². The Balaban J connectivity index is 1.59. The van der Waals surface area contributed by atoms with E-state index in [9.17, 15) is 8.78 Å². The van der Waals surface area contributed by atoms with Gasteiger partial charge in [-0.05, 0) is 35.9 Å². The number of rotatable bonds is 4. The molecule has 152 valence electrons. The van der Waals surface area contributed by atoms with Gasteiger partial charge < -0.3 is 9.47 Å². The summed E-state index contributed by atoms with van der Waals surface area (Å²) in [5.41, 5.74) is 3.47. The van der Waals surface area contributed by atoms with E-state index in [4.69, 9.17) is 14.6 Å². The molecule has 3 aromatic carbocycles. The summed E-state index contributed by atoms with van der Waals surface area (Å²) in [6.45, 7) is -2.92. The van der Waals surface area contributed by atoms with Crippen molar-refractivity contribution in [2.45, 2.75) is 25.3 Å². The summed E-state index contributed by atoms with van der Waals surface area (Å²) in [7, 11) is 0. The van der Waals surface area contributed by atoms with E-state index >= 15 is 0 Å². The van der Waals surface area contributed by atoms with Crippen molar-refractivity contribution < 1.29 is 18.3 Å². The fourth-order valence-corrected chi connectivity index (χ4v) is 4.21. The molecule has 2 aliphatic rings. The van der Waals surface area contributed by atoms with Crippen LogP contribution in [0.15, 0.2) is 82.4 Å².